The van der Waals surface area contributed by atoms with E-state index in [-0.39, 0.29) is 12.4 Å². The fourth-order valence-corrected chi connectivity index (χ4v) is 2.62. The Morgan fingerprint density at radius 1 is 1.08 bits per heavy atom. The SMILES string of the molecule is Cc1ccc(C)c(NC(=O)COC(=O)c2oc3ccccc3c2C)c1. The maximum atomic E-state index is 12.2. The predicted molar refractivity (Wildman–Crippen MR) is 95.8 cm³/mol. The maximum absolute atomic E-state index is 12.2. The van der Waals surface area contributed by atoms with Crippen LogP contribution < -0.4 is 5.32 Å². The number of furan rings is 1. The molecule has 128 valence electrons. The van der Waals surface area contributed by atoms with Gasteiger partial charge in [0.25, 0.3) is 5.91 Å². The molecule has 5 heteroatoms. The Bertz CT molecular complexity index is 955. The van der Waals surface area contributed by atoms with Gasteiger partial charge in [0.15, 0.2) is 6.61 Å². The zero-order chi connectivity index (χ0) is 18.0. The lowest BCUT2D eigenvalue weighted by Gasteiger charge is -2.09. The lowest BCUT2D eigenvalue weighted by atomic mass is 10.1. The van der Waals surface area contributed by atoms with Gasteiger partial charge in [-0.05, 0) is 44.0 Å². The quantitative estimate of drug-likeness (QED) is 0.726. The van der Waals surface area contributed by atoms with Gasteiger partial charge in [0.2, 0.25) is 5.76 Å². The van der Waals surface area contributed by atoms with E-state index >= 15 is 0 Å². The highest BCUT2D eigenvalue weighted by Crippen LogP contribution is 2.25. The van der Waals surface area contributed by atoms with Crippen LogP contribution in [0, 0.1) is 20.8 Å². The van der Waals surface area contributed by atoms with Gasteiger partial charge in [-0.3, -0.25) is 4.79 Å². The Hall–Kier alpha value is -3.08. The first kappa shape index (κ1) is 16.8. The fourth-order valence-electron chi connectivity index (χ4n) is 2.62. The minimum atomic E-state index is -0.648. The third-order valence-electron chi connectivity index (χ3n) is 4.03. The molecule has 1 heterocycles. The monoisotopic (exact) mass is 337 g/mol. The molecule has 0 aliphatic heterocycles. The number of hydrogen-bond acceptors (Lipinski definition) is 4. The topological polar surface area (TPSA) is 68.5 Å². The summed E-state index contributed by atoms with van der Waals surface area (Å²) in [5, 5.41) is 3.61. The van der Waals surface area contributed by atoms with Crippen LogP contribution >= 0.6 is 0 Å². The van der Waals surface area contributed by atoms with E-state index in [1.807, 2.05) is 50.2 Å². The molecule has 0 bridgehead atoms. The van der Waals surface area contributed by atoms with E-state index in [9.17, 15) is 9.59 Å². The Labute approximate surface area is 145 Å². The van der Waals surface area contributed by atoms with Crippen molar-refractivity contribution >= 4 is 28.5 Å². The minimum Gasteiger partial charge on any atom is -0.450 e. The fraction of sp³-hybridized carbons (Fsp3) is 0.200. The third-order valence-corrected chi connectivity index (χ3v) is 4.03. The van der Waals surface area contributed by atoms with Gasteiger partial charge in [0, 0.05) is 16.6 Å². The van der Waals surface area contributed by atoms with Crippen molar-refractivity contribution in [2.45, 2.75) is 20.8 Å². The second-order valence-corrected chi connectivity index (χ2v) is 6.00. The largest absolute Gasteiger partial charge is 0.450 e. The van der Waals surface area contributed by atoms with Gasteiger partial charge in [0.05, 0.1) is 0 Å². The van der Waals surface area contributed by atoms with Crippen molar-refractivity contribution < 1.29 is 18.7 Å². The number of hydrogen-bond donors (Lipinski definition) is 1. The molecular formula is C20H19NO4. The van der Waals surface area contributed by atoms with Crippen LogP contribution in [0.2, 0.25) is 0 Å². The van der Waals surface area contributed by atoms with Crippen molar-refractivity contribution in [3.8, 4) is 0 Å². The highest BCUT2D eigenvalue weighted by atomic mass is 16.5. The number of benzene rings is 2. The summed E-state index contributed by atoms with van der Waals surface area (Å²) in [6.07, 6.45) is 0. The first-order valence-corrected chi connectivity index (χ1v) is 7.98. The van der Waals surface area contributed by atoms with Crippen molar-refractivity contribution in [1.82, 2.24) is 0 Å². The first-order chi connectivity index (χ1) is 12.0. The summed E-state index contributed by atoms with van der Waals surface area (Å²) in [4.78, 5) is 24.3. The second kappa shape index (κ2) is 6.81. The molecule has 0 spiro atoms. The average Bonchev–Trinajstić information content (AvgIpc) is 2.93. The van der Waals surface area contributed by atoms with Gasteiger partial charge in [-0.1, -0.05) is 30.3 Å². The summed E-state index contributed by atoms with van der Waals surface area (Å²) in [5.74, 6) is -0.915. The summed E-state index contributed by atoms with van der Waals surface area (Å²) < 4.78 is 10.6. The molecule has 25 heavy (non-hydrogen) atoms. The number of carbonyl (C=O) groups excluding carboxylic acids is 2. The van der Waals surface area contributed by atoms with E-state index in [0.29, 0.717) is 16.8 Å². The van der Waals surface area contributed by atoms with Crippen molar-refractivity contribution in [2.24, 2.45) is 0 Å². The average molecular weight is 337 g/mol. The molecule has 5 nitrogen and oxygen atoms in total. The maximum Gasteiger partial charge on any atom is 0.375 e. The van der Waals surface area contributed by atoms with Gasteiger partial charge in [-0.2, -0.15) is 0 Å². The molecule has 2 aromatic carbocycles. The van der Waals surface area contributed by atoms with Crippen LogP contribution in [0.1, 0.15) is 27.2 Å². The molecule has 0 radical (unpaired) electrons. The summed E-state index contributed by atoms with van der Waals surface area (Å²) in [7, 11) is 0. The molecule has 0 aliphatic rings. The number of esters is 1. The number of ether oxygens (including phenoxy) is 1. The number of aryl methyl sites for hydroxylation is 3. The Balaban J connectivity index is 1.66. The molecule has 0 aliphatic carbocycles. The van der Waals surface area contributed by atoms with Gasteiger partial charge < -0.3 is 14.5 Å². The van der Waals surface area contributed by atoms with Gasteiger partial charge in [-0.25, -0.2) is 4.79 Å². The highest BCUT2D eigenvalue weighted by Gasteiger charge is 2.19. The molecule has 3 aromatic rings. The summed E-state index contributed by atoms with van der Waals surface area (Å²) in [6.45, 7) is 5.26. The van der Waals surface area contributed by atoms with Crippen molar-refractivity contribution in [3.63, 3.8) is 0 Å². The van der Waals surface area contributed by atoms with Crippen LogP contribution in [-0.4, -0.2) is 18.5 Å². The highest BCUT2D eigenvalue weighted by molar-refractivity contribution is 5.98. The van der Waals surface area contributed by atoms with Gasteiger partial charge >= 0.3 is 5.97 Å². The zero-order valence-corrected chi connectivity index (χ0v) is 14.4. The Morgan fingerprint density at radius 3 is 2.60 bits per heavy atom. The van der Waals surface area contributed by atoms with E-state index in [1.165, 1.54) is 0 Å². The number of nitrogens with one attached hydrogen (secondary N) is 1. The molecule has 1 aromatic heterocycles. The molecule has 0 atom stereocenters. The Kier molecular flexibility index (Phi) is 4.57. The van der Waals surface area contributed by atoms with Crippen molar-refractivity contribution in [2.75, 3.05) is 11.9 Å². The number of fused-ring (bicyclic) bond motifs is 1. The van der Waals surface area contributed by atoms with E-state index in [2.05, 4.69) is 5.32 Å². The van der Waals surface area contributed by atoms with Crippen LogP contribution in [0.15, 0.2) is 46.9 Å². The minimum absolute atomic E-state index is 0.126. The van der Waals surface area contributed by atoms with Gasteiger partial charge in [0.1, 0.15) is 5.58 Å². The van der Waals surface area contributed by atoms with E-state index in [4.69, 9.17) is 9.15 Å². The third kappa shape index (κ3) is 3.55. The smallest absolute Gasteiger partial charge is 0.375 e. The van der Waals surface area contributed by atoms with Crippen molar-refractivity contribution in [3.05, 3.63) is 64.9 Å². The zero-order valence-electron chi connectivity index (χ0n) is 14.4. The van der Waals surface area contributed by atoms with Crippen LogP contribution in [0.4, 0.5) is 5.69 Å². The summed E-state index contributed by atoms with van der Waals surface area (Å²) >= 11 is 0. The van der Waals surface area contributed by atoms with Crippen molar-refractivity contribution in [1.29, 1.82) is 0 Å². The molecule has 0 unspecified atom stereocenters. The number of carbonyl (C=O) groups is 2. The van der Waals surface area contributed by atoms with Crippen LogP contribution in [-0.2, 0) is 9.53 Å². The molecule has 1 N–H and O–H groups in total. The number of para-hydroxylation sites is 1. The van der Waals surface area contributed by atoms with Crippen LogP contribution in [0.5, 0.6) is 0 Å². The lowest BCUT2D eigenvalue weighted by molar-refractivity contribution is -0.119. The Morgan fingerprint density at radius 2 is 1.84 bits per heavy atom. The molecule has 0 saturated heterocycles. The summed E-state index contributed by atoms with van der Waals surface area (Å²) in [5.41, 5.74) is 4.01. The normalized spacial score (nSPS) is 10.7. The molecule has 3 rings (SSSR count). The standard InChI is InChI=1S/C20H19NO4/c1-12-8-9-13(2)16(10-12)21-18(22)11-24-20(23)19-14(3)15-6-4-5-7-17(15)25-19/h4-10H,11H2,1-3H3,(H,21,22). The van der Waals surface area contributed by atoms with Crippen LogP contribution in [0.3, 0.4) is 0 Å². The number of anilines is 1. The number of rotatable bonds is 4. The predicted octanol–water partition coefficient (Wildman–Crippen LogP) is 4.15. The molecule has 0 fully saturated rings. The molecular weight excluding hydrogens is 318 g/mol. The lowest BCUT2D eigenvalue weighted by Crippen LogP contribution is -2.21. The molecule has 1 amide bonds. The van der Waals surface area contributed by atoms with Gasteiger partial charge in [-0.15, -0.1) is 0 Å². The van der Waals surface area contributed by atoms with Crippen LogP contribution in [0.25, 0.3) is 11.0 Å². The first-order valence-electron chi connectivity index (χ1n) is 7.98. The van der Waals surface area contributed by atoms with E-state index < -0.39 is 11.9 Å². The van der Waals surface area contributed by atoms with E-state index in [1.54, 1.807) is 13.0 Å². The van der Waals surface area contributed by atoms with E-state index in [0.717, 1.165) is 16.5 Å². The summed E-state index contributed by atoms with van der Waals surface area (Å²) in [6, 6.07) is 13.1. The number of amides is 1. The second-order valence-electron chi connectivity index (χ2n) is 6.00. The molecule has 0 saturated carbocycles.